The summed E-state index contributed by atoms with van der Waals surface area (Å²) in [5.41, 5.74) is 0.0843. The van der Waals surface area contributed by atoms with E-state index in [0.29, 0.717) is 5.69 Å². The van der Waals surface area contributed by atoms with Gasteiger partial charge in [0.1, 0.15) is 5.02 Å². The molecule has 1 aromatic rings. The molecule has 2 rings (SSSR count). The molecule has 0 spiro atoms. The molecular formula is C15H20ClN3O4. The molecule has 2 atom stereocenters. The Labute approximate surface area is 139 Å². The van der Waals surface area contributed by atoms with Crippen molar-refractivity contribution in [1.82, 2.24) is 4.90 Å². The minimum atomic E-state index is -0.591. The summed E-state index contributed by atoms with van der Waals surface area (Å²) in [4.78, 5) is 24.4. The summed E-state index contributed by atoms with van der Waals surface area (Å²) < 4.78 is 0. The van der Waals surface area contributed by atoms with Gasteiger partial charge in [0.05, 0.1) is 17.6 Å². The molecule has 0 saturated carbocycles. The zero-order valence-corrected chi connectivity index (χ0v) is 13.6. The molecule has 1 saturated heterocycles. The molecule has 1 amide bonds. The van der Waals surface area contributed by atoms with Crippen molar-refractivity contribution in [2.75, 3.05) is 18.4 Å². The number of amides is 1. The van der Waals surface area contributed by atoms with E-state index in [1.54, 1.807) is 6.92 Å². The average molecular weight is 342 g/mol. The van der Waals surface area contributed by atoms with E-state index >= 15 is 0 Å². The Balaban J connectivity index is 2.01. The Morgan fingerprint density at radius 2 is 2.30 bits per heavy atom. The van der Waals surface area contributed by atoms with Crippen molar-refractivity contribution >= 4 is 28.9 Å². The van der Waals surface area contributed by atoms with Crippen LogP contribution in [0.2, 0.25) is 5.02 Å². The molecule has 1 aliphatic rings. The van der Waals surface area contributed by atoms with Crippen molar-refractivity contribution in [3.05, 3.63) is 33.3 Å². The van der Waals surface area contributed by atoms with Crippen LogP contribution in [0, 0.1) is 10.1 Å². The number of hydrogen-bond donors (Lipinski definition) is 2. The van der Waals surface area contributed by atoms with Crippen molar-refractivity contribution in [3.8, 4) is 0 Å². The van der Waals surface area contributed by atoms with Crippen LogP contribution in [0.1, 0.15) is 26.2 Å². The Hall–Kier alpha value is -1.70. The number of carbonyl (C=O) groups excluding carboxylic acids is 1. The van der Waals surface area contributed by atoms with Crippen molar-refractivity contribution in [2.45, 2.75) is 38.3 Å². The second-order valence-electron chi connectivity index (χ2n) is 5.75. The lowest BCUT2D eigenvalue weighted by Crippen LogP contribution is -2.48. The molecule has 0 bridgehead atoms. The number of rotatable bonds is 5. The Bertz CT molecular complexity index is 594. The van der Waals surface area contributed by atoms with Crippen LogP contribution in [0.3, 0.4) is 0 Å². The normalized spacial score (nSPS) is 20.0. The van der Waals surface area contributed by atoms with Gasteiger partial charge in [-0.25, -0.2) is 0 Å². The number of carbonyl (C=O) groups is 1. The Morgan fingerprint density at radius 1 is 1.57 bits per heavy atom. The minimum Gasteiger partial charge on any atom is -0.392 e. The summed E-state index contributed by atoms with van der Waals surface area (Å²) in [6.45, 7) is 2.62. The average Bonchev–Trinajstić information content (AvgIpc) is 2.49. The lowest BCUT2D eigenvalue weighted by Gasteiger charge is -2.36. The van der Waals surface area contributed by atoms with Gasteiger partial charge in [0, 0.05) is 17.8 Å². The summed E-state index contributed by atoms with van der Waals surface area (Å²) in [5.74, 6) is -0.269. The monoisotopic (exact) mass is 341 g/mol. The van der Waals surface area contributed by atoms with Crippen LogP contribution in [0.15, 0.2) is 18.2 Å². The van der Waals surface area contributed by atoms with Gasteiger partial charge in [-0.05, 0) is 38.4 Å². The van der Waals surface area contributed by atoms with Gasteiger partial charge in [0.25, 0.3) is 5.69 Å². The van der Waals surface area contributed by atoms with Gasteiger partial charge in [-0.3, -0.25) is 19.8 Å². The van der Waals surface area contributed by atoms with E-state index in [4.69, 9.17) is 11.6 Å². The first-order valence-electron chi connectivity index (χ1n) is 7.54. The molecule has 1 aromatic carbocycles. The van der Waals surface area contributed by atoms with Gasteiger partial charge < -0.3 is 10.4 Å². The van der Waals surface area contributed by atoms with Crippen LogP contribution in [-0.4, -0.2) is 46.1 Å². The lowest BCUT2D eigenvalue weighted by molar-refractivity contribution is -0.384. The fourth-order valence-corrected chi connectivity index (χ4v) is 3.06. The summed E-state index contributed by atoms with van der Waals surface area (Å²) in [5, 5.41) is 23.4. The second-order valence-corrected chi connectivity index (χ2v) is 6.15. The first-order chi connectivity index (χ1) is 10.9. The molecule has 1 fully saturated rings. The number of nitrogens with one attached hydrogen (secondary N) is 1. The molecule has 0 radical (unpaired) electrons. The quantitative estimate of drug-likeness (QED) is 0.633. The predicted molar refractivity (Wildman–Crippen MR) is 87.6 cm³/mol. The van der Waals surface area contributed by atoms with Crippen LogP contribution in [0.25, 0.3) is 0 Å². The zero-order valence-electron chi connectivity index (χ0n) is 12.9. The molecule has 126 valence electrons. The first-order valence-corrected chi connectivity index (χ1v) is 7.92. The molecule has 7 nitrogen and oxygen atoms in total. The summed E-state index contributed by atoms with van der Waals surface area (Å²) in [6.07, 6.45) is 2.39. The molecule has 23 heavy (non-hydrogen) atoms. The maximum atomic E-state index is 12.2. The van der Waals surface area contributed by atoms with Crippen molar-refractivity contribution in [2.24, 2.45) is 0 Å². The maximum absolute atomic E-state index is 12.2. The number of hydrogen-bond acceptors (Lipinski definition) is 5. The predicted octanol–water partition coefficient (Wildman–Crippen LogP) is 2.42. The number of nitro benzene ring substituents is 1. The smallest absolute Gasteiger partial charge is 0.289 e. The third-order valence-corrected chi connectivity index (χ3v) is 4.31. The Morgan fingerprint density at radius 3 is 2.96 bits per heavy atom. The number of likely N-dealkylation sites (tertiary alicyclic amines) is 1. The van der Waals surface area contributed by atoms with Gasteiger partial charge in [0.2, 0.25) is 5.91 Å². The first kappa shape index (κ1) is 17.7. The molecule has 8 heteroatoms. The lowest BCUT2D eigenvalue weighted by atomic mass is 9.98. The van der Waals surface area contributed by atoms with Crippen LogP contribution in [0.5, 0.6) is 0 Å². The molecule has 2 unspecified atom stereocenters. The van der Waals surface area contributed by atoms with Gasteiger partial charge in [-0.2, -0.15) is 0 Å². The van der Waals surface area contributed by atoms with Crippen molar-refractivity contribution in [3.63, 3.8) is 0 Å². The topological polar surface area (TPSA) is 95.7 Å². The maximum Gasteiger partial charge on any atom is 0.289 e. The van der Waals surface area contributed by atoms with Crippen LogP contribution in [0.4, 0.5) is 11.4 Å². The third kappa shape index (κ3) is 4.63. The fourth-order valence-electron chi connectivity index (χ4n) is 2.87. The van der Waals surface area contributed by atoms with Gasteiger partial charge in [-0.1, -0.05) is 18.0 Å². The van der Waals surface area contributed by atoms with Crippen LogP contribution in [-0.2, 0) is 4.79 Å². The van der Waals surface area contributed by atoms with Crippen LogP contribution < -0.4 is 5.32 Å². The number of nitro groups is 1. The van der Waals surface area contributed by atoms with Crippen molar-refractivity contribution < 1.29 is 14.8 Å². The van der Waals surface area contributed by atoms with Gasteiger partial charge in [-0.15, -0.1) is 0 Å². The molecule has 2 N–H and O–H groups in total. The molecule has 0 aliphatic carbocycles. The van der Waals surface area contributed by atoms with Gasteiger partial charge in [0.15, 0.2) is 0 Å². The van der Waals surface area contributed by atoms with Crippen LogP contribution >= 0.6 is 11.6 Å². The minimum absolute atomic E-state index is 0.0261. The summed E-state index contributed by atoms with van der Waals surface area (Å²) >= 11 is 5.75. The van der Waals surface area contributed by atoms with E-state index in [9.17, 15) is 20.0 Å². The molecule has 0 aromatic heterocycles. The number of piperidine rings is 1. The highest BCUT2D eigenvalue weighted by Crippen LogP contribution is 2.27. The molecule has 1 aliphatic heterocycles. The Kier molecular flexibility index (Phi) is 5.92. The summed E-state index contributed by atoms with van der Waals surface area (Å²) in [6, 6.07) is 4.11. The number of halogens is 1. The zero-order chi connectivity index (χ0) is 17.0. The third-order valence-electron chi connectivity index (χ3n) is 3.99. The SMILES string of the molecule is CC(O)C1CCCCN1CC(=O)Nc1ccc(Cl)c([N+](=O)[O-])c1. The number of aliphatic hydroxyl groups is 1. The molecular weight excluding hydrogens is 322 g/mol. The highest BCUT2D eigenvalue weighted by molar-refractivity contribution is 6.32. The highest BCUT2D eigenvalue weighted by atomic mass is 35.5. The molecule has 1 heterocycles. The van der Waals surface area contributed by atoms with E-state index in [2.05, 4.69) is 5.32 Å². The number of anilines is 1. The van der Waals surface area contributed by atoms with Gasteiger partial charge >= 0.3 is 0 Å². The van der Waals surface area contributed by atoms with E-state index < -0.39 is 11.0 Å². The van der Waals surface area contributed by atoms with E-state index in [-0.39, 0.29) is 29.2 Å². The van der Waals surface area contributed by atoms with Crippen molar-refractivity contribution in [1.29, 1.82) is 0 Å². The standard InChI is InChI=1S/C15H20ClN3O4/c1-10(20)13-4-2-3-7-18(13)9-15(21)17-11-5-6-12(16)14(8-11)19(22)23/h5-6,8,10,13,20H,2-4,7,9H2,1H3,(H,17,21). The van der Waals surface area contributed by atoms with E-state index in [1.807, 2.05) is 4.90 Å². The number of nitrogens with zero attached hydrogens (tertiary/aromatic N) is 2. The highest BCUT2D eigenvalue weighted by Gasteiger charge is 2.27. The summed E-state index contributed by atoms with van der Waals surface area (Å²) in [7, 11) is 0. The van der Waals surface area contributed by atoms with E-state index in [0.717, 1.165) is 25.8 Å². The number of aliphatic hydroxyl groups excluding tert-OH is 1. The second kappa shape index (κ2) is 7.72. The largest absolute Gasteiger partial charge is 0.392 e. The fraction of sp³-hybridized carbons (Fsp3) is 0.533. The van der Waals surface area contributed by atoms with E-state index in [1.165, 1.54) is 18.2 Å². The number of benzene rings is 1.